The molecule has 29 heavy (non-hydrogen) atoms. The van der Waals surface area contributed by atoms with Gasteiger partial charge in [0.2, 0.25) is 10.0 Å². The minimum Gasteiger partial charge on any atom is -0.332 e. The number of benzene rings is 2. The molecule has 0 saturated carbocycles. The van der Waals surface area contributed by atoms with Gasteiger partial charge >= 0.3 is 0 Å². The fourth-order valence-corrected chi connectivity index (χ4v) is 4.84. The zero-order chi connectivity index (χ0) is 21.8. The van der Waals surface area contributed by atoms with E-state index in [9.17, 15) is 8.42 Å². The number of anilines is 2. The van der Waals surface area contributed by atoms with Crippen molar-refractivity contribution in [2.45, 2.75) is 51.9 Å². The van der Waals surface area contributed by atoms with Gasteiger partial charge < -0.3 is 10.6 Å². The Morgan fingerprint density at radius 2 is 1.59 bits per heavy atom. The van der Waals surface area contributed by atoms with E-state index in [-0.39, 0.29) is 10.3 Å². The van der Waals surface area contributed by atoms with Crippen molar-refractivity contribution >= 4 is 38.7 Å². The van der Waals surface area contributed by atoms with Crippen molar-refractivity contribution in [1.82, 2.24) is 4.31 Å². The first kappa shape index (κ1) is 23.3. The Kier molecular flexibility index (Phi) is 7.43. The molecule has 0 spiro atoms. The molecule has 0 aliphatic rings. The molecular formula is C22H31N3O2S2. The van der Waals surface area contributed by atoms with Crippen LogP contribution >= 0.6 is 12.2 Å². The smallest absolute Gasteiger partial charge is 0.243 e. The highest BCUT2D eigenvalue weighted by molar-refractivity contribution is 7.89. The zero-order valence-corrected chi connectivity index (χ0v) is 19.7. The van der Waals surface area contributed by atoms with E-state index in [1.165, 1.54) is 4.31 Å². The van der Waals surface area contributed by atoms with E-state index >= 15 is 0 Å². The Labute approximate surface area is 180 Å². The molecule has 0 aliphatic carbocycles. The maximum Gasteiger partial charge on any atom is 0.243 e. The Morgan fingerprint density at radius 3 is 2.17 bits per heavy atom. The van der Waals surface area contributed by atoms with E-state index in [4.69, 9.17) is 12.2 Å². The van der Waals surface area contributed by atoms with Crippen molar-refractivity contribution < 1.29 is 8.42 Å². The van der Waals surface area contributed by atoms with Crippen LogP contribution in [-0.2, 0) is 15.4 Å². The van der Waals surface area contributed by atoms with E-state index in [2.05, 4.69) is 37.5 Å². The van der Waals surface area contributed by atoms with Gasteiger partial charge in [0.25, 0.3) is 0 Å². The minimum absolute atomic E-state index is 0.0348. The maximum absolute atomic E-state index is 12.8. The number of nitrogens with one attached hydrogen (secondary N) is 2. The van der Waals surface area contributed by atoms with Crippen molar-refractivity contribution in [3.63, 3.8) is 0 Å². The van der Waals surface area contributed by atoms with Gasteiger partial charge in [-0.2, -0.15) is 4.31 Å². The summed E-state index contributed by atoms with van der Waals surface area (Å²) >= 11 is 5.51. The van der Waals surface area contributed by atoms with Crippen LogP contribution in [0.2, 0.25) is 0 Å². The van der Waals surface area contributed by atoms with Crippen LogP contribution in [0, 0.1) is 6.92 Å². The fourth-order valence-electron chi connectivity index (χ4n) is 3.13. The highest BCUT2D eigenvalue weighted by Crippen LogP contribution is 2.29. The van der Waals surface area contributed by atoms with Crippen LogP contribution in [0.15, 0.2) is 47.4 Å². The molecule has 0 heterocycles. The SMILES string of the molecule is CCN(CC)S(=O)(=O)c1ccc(C)c(NC(=S)Nc2ccccc2C(C)(C)C)c1. The number of thiocarbonyl (C=S) groups is 1. The number of para-hydroxylation sites is 1. The highest BCUT2D eigenvalue weighted by Gasteiger charge is 2.22. The molecule has 0 amide bonds. The first-order chi connectivity index (χ1) is 13.5. The normalized spacial score (nSPS) is 12.1. The molecule has 2 rings (SSSR count). The van der Waals surface area contributed by atoms with Gasteiger partial charge in [0.05, 0.1) is 4.90 Å². The summed E-state index contributed by atoms with van der Waals surface area (Å²) in [6.45, 7) is 12.9. The number of sulfonamides is 1. The number of hydrogen-bond acceptors (Lipinski definition) is 3. The van der Waals surface area contributed by atoms with Gasteiger partial charge in [0, 0.05) is 24.5 Å². The van der Waals surface area contributed by atoms with Crippen molar-refractivity contribution in [1.29, 1.82) is 0 Å². The molecule has 0 bridgehead atoms. The summed E-state index contributed by atoms with van der Waals surface area (Å²) in [5.41, 5.74) is 3.63. The van der Waals surface area contributed by atoms with E-state index in [0.29, 0.717) is 23.9 Å². The molecule has 7 heteroatoms. The second kappa shape index (κ2) is 9.24. The molecular weight excluding hydrogens is 402 g/mol. The average Bonchev–Trinajstić information content (AvgIpc) is 2.63. The molecule has 0 saturated heterocycles. The largest absolute Gasteiger partial charge is 0.332 e. The number of hydrogen-bond donors (Lipinski definition) is 2. The monoisotopic (exact) mass is 433 g/mol. The molecule has 5 nitrogen and oxygen atoms in total. The summed E-state index contributed by atoms with van der Waals surface area (Å²) in [6, 6.07) is 13.1. The van der Waals surface area contributed by atoms with Gasteiger partial charge in [-0.15, -0.1) is 0 Å². The summed E-state index contributed by atoms with van der Waals surface area (Å²) in [5.74, 6) is 0. The van der Waals surface area contributed by atoms with Gasteiger partial charge in [-0.25, -0.2) is 8.42 Å². The number of aryl methyl sites for hydroxylation is 1. The summed E-state index contributed by atoms with van der Waals surface area (Å²) in [6.07, 6.45) is 0. The van der Waals surface area contributed by atoms with E-state index in [1.807, 2.05) is 39.0 Å². The Bertz CT molecular complexity index is 976. The second-order valence-corrected chi connectivity index (χ2v) is 10.3. The first-order valence-corrected chi connectivity index (χ1v) is 11.6. The van der Waals surface area contributed by atoms with Crippen molar-refractivity contribution in [2.75, 3.05) is 23.7 Å². The van der Waals surface area contributed by atoms with Crippen LogP contribution in [-0.4, -0.2) is 30.9 Å². The standard InChI is InChI=1S/C22H31N3O2S2/c1-7-25(8-2)29(26,27)17-14-13-16(3)20(15-17)24-21(28)23-19-12-10-9-11-18(19)22(4,5)6/h9-15H,7-8H2,1-6H3,(H2,23,24,28). The van der Waals surface area contributed by atoms with Crippen molar-refractivity contribution in [3.8, 4) is 0 Å². The molecule has 158 valence electrons. The summed E-state index contributed by atoms with van der Waals surface area (Å²) in [7, 11) is -3.53. The maximum atomic E-state index is 12.8. The lowest BCUT2D eigenvalue weighted by Crippen LogP contribution is -2.30. The molecule has 2 N–H and O–H groups in total. The van der Waals surface area contributed by atoms with E-state index in [1.54, 1.807) is 18.2 Å². The Morgan fingerprint density at radius 1 is 1.00 bits per heavy atom. The predicted molar refractivity (Wildman–Crippen MR) is 126 cm³/mol. The fraction of sp³-hybridized carbons (Fsp3) is 0.409. The predicted octanol–water partition coefficient (Wildman–Crippen LogP) is 5.13. The lowest BCUT2D eigenvalue weighted by atomic mass is 9.86. The zero-order valence-electron chi connectivity index (χ0n) is 18.0. The van der Waals surface area contributed by atoms with Crippen LogP contribution in [0.5, 0.6) is 0 Å². The first-order valence-electron chi connectivity index (χ1n) is 9.79. The van der Waals surface area contributed by atoms with Crippen LogP contribution in [0.1, 0.15) is 45.7 Å². The van der Waals surface area contributed by atoms with Crippen LogP contribution in [0.3, 0.4) is 0 Å². The molecule has 2 aromatic carbocycles. The minimum atomic E-state index is -3.53. The quantitative estimate of drug-likeness (QED) is 0.618. The highest BCUT2D eigenvalue weighted by atomic mass is 32.2. The molecule has 0 aliphatic heterocycles. The molecule has 0 fully saturated rings. The van der Waals surface area contributed by atoms with Gasteiger partial charge in [-0.1, -0.05) is 58.9 Å². The molecule has 2 aromatic rings. The Hall–Kier alpha value is -1.96. The summed E-state index contributed by atoms with van der Waals surface area (Å²) in [5, 5.41) is 6.84. The third-order valence-corrected chi connectivity index (χ3v) is 7.03. The van der Waals surface area contributed by atoms with Crippen LogP contribution in [0.4, 0.5) is 11.4 Å². The number of rotatable bonds is 6. The van der Waals surface area contributed by atoms with Gasteiger partial charge in [0.15, 0.2) is 5.11 Å². The average molecular weight is 434 g/mol. The number of nitrogens with zero attached hydrogens (tertiary/aromatic N) is 1. The van der Waals surface area contributed by atoms with Gasteiger partial charge in [0.1, 0.15) is 0 Å². The molecule has 0 atom stereocenters. The van der Waals surface area contributed by atoms with Crippen molar-refractivity contribution in [3.05, 3.63) is 53.6 Å². The molecule has 0 aromatic heterocycles. The third-order valence-electron chi connectivity index (χ3n) is 4.78. The van der Waals surface area contributed by atoms with Gasteiger partial charge in [-0.3, -0.25) is 0 Å². The Balaban J connectivity index is 2.29. The summed E-state index contributed by atoms with van der Waals surface area (Å²) in [4.78, 5) is 0.257. The lowest BCUT2D eigenvalue weighted by Gasteiger charge is -2.24. The van der Waals surface area contributed by atoms with Crippen molar-refractivity contribution in [2.24, 2.45) is 0 Å². The van der Waals surface area contributed by atoms with Gasteiger partial charge in [-0.05, 0) is 53.9 Å². The molecule has 0 radical (unpaired) electrons. The summed E-state index contributed by atoms with van der Waals surface area (Å²) < 4.78 is 27.1. The topological polar surface area (TPSA) is 61.4 Å². The van der Waals surface area contributed by atoms with Crippen LogP contribution < -0.4 is 10.6 Å². The lowest BCUT2D eigenvalue weighted by molar-refractivity contribution is 0.445. The van der Waals surface area contributed by atoms with Crippen LogP contribution in [0.25, 0.3) is 0 Å². The molecule has 0 unspecified atom stereocenters. The third kappa shape index (κ3) is 5.56. The van der Waals surface area contributed by atoms with E-state index < -0.39 is 10.0 Å². The van der Waals surface area contributed by atoms with E-state index in [0.717, 1.165) is 16.8 Å². The second-order valence-electron chi connectivity index (χ2n) is 7.94.